The van der Waals surface area contributed by atoms with Crippen molar-refractivity contribution in [3.05, 3.63) is 108 Å². The van der Waals surface area contributed by atoms with E-state index in [2.05, 4.69) is 119 Å². The number of allylic oxidation sites excluding steroid dienone is 15. The monoisotopic (exact) mass is 408 g/mol. The van der Waals surface area contributed by atoms with E-state index in [1.807, 2.05) is 18.2 Å². The second kappa shape index (κ2) is 22.9. The highest BCUT2D eigenvalue weighted by Crippen LogP contribution is 2.00. The molecular formula is C30H48. The van der Waals surface area contributed by atoms with E-state index >= 15 is 0 Å². The van der Waals surface area contributed by atoms with Gasteiger partial charge in [0.1, 0.15) is 0 Å². The Balaban J connectivity index is -0.000000364. The minimum absolute atomic E-state index is 1.03. The van der Waals surface area contributed by atoms with Crippen molar-refractivity contribution in [3.63, 3.8) is 0 Å². The summed E-state index contributed by atoms with van der Waals surface area (Å²) in [6.07, 6.45) is 21.8. The molecule has 0 rings (SSSR count). The van der Waals surface area contributed by atoms with Crippen LogP contribution in [-0.2, 0) is 0 Å². The van der Waals surface area contributed by atoms with Crippen molar-refractivity contribution in [1.29, 1.82) is 0 Å². The second-order valence-corrected chi connectivity index (χ2v) is 8.01. The number of hydrogen-bond donors (Lipinski definition) is 0. The van der Waals surface area contributed by atoms with Crippen LogP contribution in [0.4, 0.5) is 0 Å². The fourth-order valence-electron chi connectivity index (χ4n) is 1.69. The van der Waals surface area contributed by atoms with E-state index < -0.39 is 0 Å². The second-order valence-electron chi connectivity index (χ2n) is 8.01. The fraction of sp³-hybridized carbons (Fsp3) is 0.400. The zero-order chi connectivity index (χ0) is 23.9. The van der Waals surface area contributed by atoms with Crippen LogP contribution in [0.3, 0.4) is 0 Å². The molecule has 0 fully saturated rings. The highest BCUT2D eigenvalue weighted by molar-refractivity contribution is 5.16. The summed E-state index contributed by atoms with van der Waals surface area (Å²) in [5.74, 6) is 0. The standard InChI is InChI=1S/3C10H16/c3*1-5-10(4)8-6-7-9(2)3/h3*5,7-8H,1,6H2,2-4H3/b10-8+;2*10-8-. The summed E-state index contributed by atoms with van der Waals surface area (Å²) in [5, 5.41) is 0. The Morgan fingerprint density at radius 2 is 0.600 bits per heavy atom. The highest BCUT2D eigenvalue weighted by atomic mass is 13.9. The van der Waals surface area contributed by atoms with Gasteiger partial charge in [0.2, 0.25) is 0 Å². The van der Waals surface area contributed by atoms with Gasteiger partial charge >= 0.3 is 0 Å². The van der Waals surface area contributed by atoms with Gasteiger partial charge in [-0.05, 0) is 81.6 Å². The summed E-state index contributed by atoms with van der Waals surface area (Å²) in [6.45, 7) is 29.8. The van der Waals surface area contributed by atoms with Crippen molar-refractivity contribution in [2.75, 3.05) is 0 Å². The van der Waals surface area contributed by atoms with E-state index in [-0.39, 0.29) is 0 Å². The van der Waals surface area contributed by atoms with Crippen LogP contribution >= 0.6 is 0 Å². The molecule has 0 aromatic carbocycles. The van der Waals surface area contributed by atoms with Gasteiger partial charge in [-0.25, -0.2) is 0 Å². The van der Waals surface area contributed by atoms with Crippen LogP contribution in [-0.4, -0.2) is 0 Å². The van der Waals surface area contributed by atoms with Crippen LogP contribution in [0.15, 0.2) is 108 Å². The van der Waals surface area contributed by atoms with Crippen LogP contribution in [0.2, 0.25) is 0 Å². The minimum atomic E-state index is 1.03. The summed E-state index contributed by atoms with van der Waals surface area (Å²) >= 11 is 0. The molecular weight excluding hydrogens is 360 g/mol. The largest absolute Gasteiger partial charge is 0.0988 e. The molecule has 0 aromatic heterocycles. The molecule has 0 bridgehead atoms. The summed E-state index contributed by atoms with van der Waals surface area (Å²) in [5.41, 5.74) is 7.85. The van der Waals surface area contributed by atoms with E-state index in [0.717, 1.165) is 19.3 Å². The van der Waals surface area contributed by atoms with Crippen molar-refractivity contribution < 1.29 is 0 Å². The Labute approximate surface area is 189 Å². The first-order valence-corrected chi connectivity index (χ1v) is 10.8. The maximum atomic E-state index is 3.67. The van der Waals surface area contributed by atoms with E-state index in [9.17, 15) is 0 Å². The molecule has 0 N–H and O–H groups in total. The van der Waals surface area contributed by atoms with E-state index in [4.69, 9.17) is 0 Å². The van der Waals surface area contributed by atoms with Crippen LogP contribution < -0.4 is 0 Å². The molecule has 30 heavy (non-hydrogen) atoms. The van der Waals surface area contributed by atoms with Crippen LogP contribution in [0, 0.1) is 0 Å². The van der Waals surface area contributed by atoms with Crippen molar-refractivity contribution in [3.8, 4) is 0 Å². The van der Waals surface area contributed by atoms with Crippen molar-refractivity contribution in [2.45, 2.75) is 81.6 Å². The first-order valence-electron chi connectivity index (χ1n) is 10.8. The molecule has 0 saturated carbocycles. The molecule has 0 aromatic rings. The third-order valence-corrected chi connectivity index (χ3v) is 3.86. The Hall–Kier alpha value is -2.34. The lowest BCUT2D eigenvalue weighted by atomic mass is 10.2. The topological polar surface area (TPSA) is 0 Å². The van der Waals surface area contributed by atoms with Gasteiger partial charge in [-0.15, -0.1) is 0 Å². The summed E-state index contributed by atoms with van der Waals surface area (Å²) in [7, 11) is 0. The molecule has 168 valence electrons. The van der Waals surface area contributed by atoms with Crippen molar-refractivity contribution in [1.82, 2.24) is 0 Å². The summed E-state index contributed by atoms with van der Waals surface area (Å²) in [4.78, 5) is 0. The molecule has 0 atom stereocenters. The average Bonchev–Trinajstić information content (AvgIpc) is 2.67. The Bertz CT molecular complexity index is 560. The smallest absolute Gasteiger partial charge is 0.0161 e. The lowest BCUT2D eigenvalue weighted by Crippen LogP contribution is -1.68. The number of hydrogen-bond acceptors (Lipinski definition) is 0. The van der Waals surface area contributed by atoms with Crippen molar-refractivity contribution >= 4 is 0 Å². The summed E-state index contributed by atoms with van der Waals surface area (Å²) in [6, 6.07) is 0. The van der Waals surface area contributed by atoms with E-state index in [1.54, 1.807) is 0 Å². The third-order valence-electron chi connectivity index (χ3n) is 3.86. The maximum absolute atomic E-state index is 3.67. The van der Waals surface area contributed by atoms with Crippen LogP contribution in [0.25, 0.3) is 0 Å². The van der Waals surface area contributed by atoms with Gasteiger partial charge in [0.25, 0.3) is 0 Å². The Morgan fingerprint density at radius 3 is 0.733 bits per heavy atom. The van der Waals surface area contributed by atoms with Gasteiger partial charge < -0.3 is 0 Å². The first kappa shape index (κ1) is 32.3. The predicted molar refractivity (Wildman–Crippen MR) is 144 cm³/mol. The van der Waals surface area contributed by atoms with Crippen LogP contribution in [0.1, 0.15) is 81.6 Å². The molecule has 0 spiro atoms. The molecule has 0 aliphatic rings. The van der Waals surface area contributed by atoms with Gasteiger partial charge in [-0.1, -0.05) is 108 Å². The molecule has 0 saturated heterocycles. The molecule has 0 unspecified atom stereocenters. The third kappa shape index (κ3) is 33.3. The Kier molecular flexibility index (Phi) is 24.7. The molecule has 0 aliphatic heterocycles. The fourth-order valence-corrected chi connectivity index (χ4v) is 1.69. The van der Waals surface area contributed by atoms with Crippen molar-refractivity contribution in [2.24, 2.45) is 0 Å². The quantitative estimate of drug-likeness (QED) is 0.263. The predicted octanol–water partition coefficient (Wildman–Crippen LogP) is 10.4. The zero-order valence-corrected chi connectivity index (χ0v) is 21.4. The Morgan fingerprint density at radius 1 is 0.400 bits per heavy atom. The molecule has 0 heterocycles. The van der Waals surface area contributed by atoms with Gasteiger partial charge in [-0.2, -0.15) is 0 Å². The summed E-state index contributed by atoms with van der Waals surface area (Å²) < 4.78 is 0. The van der Waals surface area contributed by atoms with Gasteiger partial charge in [0.15, 0.2) is 0 Å². The lowest BCUT2D eigenvalue weighted by Gasteiger charge is -1.89. The molecule has 0 radical (unpaired) electrons. The average molecular weight is 409 g/mol. The molecule has 0 heteroatoms. The minimum Gasteiger partial charge on any atom is -0.0988 e. The van der Waals surface area contributed by atoms with Crippen LogP contribution in [0.5, 0.6) is 0 Å². The molecule has 0 nitrogen and oxygen atoms in total. The highest BCUT2D eigenvalue weighted by Gasteiger charge is 1.79. The normalized spacial score (nSPS) is 10.9. The van der Waals surface area contributed by atoms with E-state index in [1.165, 1.54) is 33.4 Å². The van der Waals surface area contributed by atoms with E-state index in [0.29, 0.717) is 0 Å². The van der Waals surface area contributed by atoms with Gasteiger partial charge in [0, 0.05) is 0 Å². The maximum Gasteiger partial charge on any atom is -0.0161 e. The first-order chi connectivity index (χ1) is 14.0. The zero-order valence-electron chi connectivity index (χ0n) is 21.4. The van der Waals surface area contributed by atoms with Gasteiger partial charge in [-0.3, -0.25) is 0 Å². The molecule has 0 aliphatic carbocycles. The molecule has 0 amide bonds. The lowest BCUT2D eigenvalue weighted by molar-refractivity contribution is 1.26. The number of rotatable bonds is 9. The van der Waals surface area contributed by atoms with Gasteiger partial charge in [0.05, 0.1) is 0 Å². The SMILES string of the molecule is C=C/C(C)=C/CC=C(C)C.C=C/C(C)=C\CC=C(C)C.C=C/C(C)=C\CC=C(C)C.